The monoisotopic (exact) mass is 361 g/mol. The number of aryl methyl sites for hydroxylation is 1. The van der Waals surface area contributed by atoms with Crippen molar-refractivity contribution < 1.29 is 9.53 Å². The van der Waals surface area contributed by atoms with Crippen LogP contribution in [0.1, 0.15) is 12.0 Å². The second-order valence-electron chi connectivity index (χ2n) is 6.22. The average Bonchev–Trinajstić information content (AvgIpc) is 3.17. The fourth-order valence-corrected chi connectivity index (χ4v) is 2.87. The first-order valence-corrected chi connectivity index (χ1v) is 8.80. The minimum absolute atomic E-state index is 0.00477. The van der Waals surface area contributed by atoms with Gasteiger partial charge in [0.1, 0.15) is 12.1 Å². The molecule has 7 heteroatoms. The first kappa shape index (κ1) is 17.0. The molecule has 0 saturated carbocycles. The maximum Gasteiger partial charge on any atom is 0.257 e. The van der Waals surface area contributed by atoms with Crippen molar-refractivity contribution in [1.82, 2.24) is 24.9 Å². The number of nitrogens with zero attached hydrogens (tertiary/aromatic N) is 4. The van der Waals surface area contributed by atoms with E-state index in [0.717, 1.165) is 29.2 Å². The predicted octanol–water partition coefficient (Wildman–Crippen LogP) is 2.41. The lowest BCUT2D eigenvalue weighted by molar-refractivity contribution is -0.123. The summed E-state index contributed by atoms with van der Waals surface area (Å²) in [5, 5.41) is 9.18. The Kier molecular flexibility index (Phi) is 4.91. The van der Waals surface area contributed by atoms with Crippen molar-refractivity contribution in [3.63, 3.8) is 0 Å². The van der Waals surface area contributed by atoms with E-state index in [1.54, 1.807) is 10.7 Å². The first-order valence-electron chi connectivity index (χ1n) is 8.80. The third kappa shape index (κ3) is 4.20. The van der Waals surface area contributed by atoms with Gasteiger partial charge in [0, 0.05) is 18.9 Å². The molecule has 0 aliphatic rings. The Balaban J connectivity index is 1.21. The normalized spacial score (nSPS) is 11.0. The summed E-state index contributed by atoms with van der Waals surface area (Å²) in [6.45, 7) is 0.583. The van der Waals surface area contributed by atoms with Crippen LogP contribution in [0.25, 0.3) is 16.6 Å². The van der Waals surface area contributed by atoms with Crippen molar-refractivity contribution in [3.8, 4) is 5.75 Å². The number of benzene rings is 2. The van der Waals surface area contributed by atoms with Crippen LogP contribution in [0.3, 0.4) is 0 Å². The van der Waals surface area contributed by atoms with Crippen molar-refractivity contribution in [3.05, 3.63) is 66.7 Å². The van der Waals surface area contributed by atoms with Crippen molar-refractivity contribution in [1.29, 1.82) is 0 Å². The van der Waals surface area contributed by atoms with E-state index < -0.39 is 0 Å². The maximum atomic E-state index is 12.0. The third-order valence-electron chi connectivity index (χ3n) is 4.24. The van der Waals surface area contributed by atoms with Gasteiger partial charge in [0.15, 0.2) is 6.61 Å². The number of aromatic nitrogens is 4. The lowest BCUT2D eigenvalue weighted by Gasteiger charge is -2.08. The van der Waals surface area contributed by atoms with Gasteiger partial charge in [-0.05, 0) is 41.3 Å². The number of fused-ring (bicyclic) bond motifs is 2. The number of carbonyl (C=O) groups is 1. The van der Waals surface area contributed by atoms with Gasteiger partial charge < -0.3 is 10.1 Å². The van der Waals surface area contributed by atoms with Crippen LogP contribution in [0.15, 0.2) is 61.2 Å². The molecule has 2 heterocycles. The molecular formula is C20H19N5O2. The second-order valence-corrected chi connectivity index (χ2v) is 6.22. The predicted molar refractivity (Wildman–Crippen MR) is 102 cm³/mol. The zero-order valence-electron chi connectivity index (χ0n) is 14.7. The van der Waals surface area contributed by atoms with E-state index in [-0.39, 0.29) is 12.5 Å². The molecule has 0 spiro atoms. The van der Waals surface area contributed by atoms with E-state index in [9.17, 15) is 4.79 Å². The molecule has 0 fully saturated rings. The SMILES string of the molecule is O=C(COc1ccc2ccccc2c1)NCCCc1cnc2ncnn2c1. The number of nitrogens with one attached hydrogen (secondary N) is 1. The summed E-state index contributed by atoms with van der Waals surface area (Å²) in [4.78, 5) is 20.2. The summed E-state index contributed by atoms with van der Waals surface area (Å²) in [6, 6.07) is 13.8. The van der Waals surface area contributed by atoms with Gasteiger partial charge in [-0.25, -0.2) is 9.50 Å². The molecule has 0 atom stereocenters. The van der Waals surface area contributed by atoms with Gasteiger partial charge in [-0.3, -0.25) is 4.79 Å². The van der Waals surface area contributed by atoms with Crippen LogP contribution in [-0.4, -0.2) is 38.6 Å². The quantitative estimate of drug-likeness (QED) is 0.511. The Labute approximate surface area is 156 Å². The van der Waals surface area contributed by atoms with Crippen LogP contribution in [0, 0.1) is 0 Å². The molecule has 0 saturated heterocycles. The van der Waals surface area contributed by atoms with Crippen LogP contribution in [0.4, 0.5) is 0 Å². The molecule has 0 bridgehead atoms. The minimum Gasteiger partial charge on any atom is -0.484 e. The minimum atomic E-state index is -0.131. The molecular weight excluding hydrogens is 342 g/mol. The maximum absolute atomic E-state index is 12.0. The highest BCUT2D eigenvalue weighted by molar-refractivity contribution is 5.84. The Hall–Kier alpha value is -3.48. The smallest absolute Gasteiger partial charge is 0.257 e. The molecule has 4 aromatic rings. The van der Waals surface area contributed by atoms with Gasteiger partial charge >= 0.3 is 0 Å². The number of carbonyl (C=O) groups excluding carboxylic acids is 1. The second kappa shape index (κ2) is 7.82. The molecule has 2 aromatic heterocycles. The topological polar surface area (TPSA) is 81.4 Å². The van der Waals surface area contributed by atoms with E-state index in [1.807, 2.05) is 48.7 Å². The summed E-state index contributed by atoms with van der Waals surface area (Å²) < 4.78 is 7.23. The van der Waals surface area contributed by atoms with Crippen molar-refractivity contribution >= 4 is 22.5 Å². The molecule has 0 aliphatic heterocycles. The Bertz CT molecular complexity index is 1080. The van der Waals surface area contributed by atoms with Crippen LogP contribution in [-0.2, 0) is 11.2 Å². The first-order chi connectivity index (χ1) is 13.3. The highest BCUT2D eigenvalue weighted by Crippen LogP contribution is 2.20. The summed E-state index contributed by atoms with van der Waals surface area (Å²) in [5.74, 6) is 1.14. The summed E-state index contributed by atoms with van der Waals surface area (Å²) in [6.07, 6.45) is 6.77. The Morgan fingerprint density at radius 2 is 2.00 bits per heavy atom. The van der Waals surface area contributed by atoms with Gasteiger partial charge in [0.25, 0.3) is 11.7 Å². The van der Waals surface area contributed by atoms with Crippen molar-refractivity contribution in [2.75, 3.05) is 13.2 Å². The molecule has 1 N–H and O–H groups in total. The molecule has 0 unspecified atom stereocenters. The van der Waals surface area contributed by atoms with E-state index in [0.29, 0.717) is 18.1 Å². The highest BCUT2D eigenvalue weighted by atomic mass is 16.5. The van der Waals surface area contributed by atoms with E-state index in [2.05, 4.69) is 20.4 Å². The number of amides is 1. The molecule has 1 amide bonds. The molecule has 136 valence electrons. The largest absolute Gasteiger partial charge is 0.484 e. The number of ether oxygens (including phenoxy) is 1. The van der Waals surface area contributed by atoms with E-state index in [4.69, 9.17) is 4.74 Å². The lowest BCUT2D eigenvalue weighted by atomic mass is 10.1. The fraction of sp³-hybridized carbons (Fsp3) is 0.200. The van der Waals surface area contributed by atoms with Crippen LogP contribution in [0.5, 0.6) is 5.75 Å². The van der Waals surface area contributed by atoms with Gasteiger partial charge in [-0.2, -0.15) is 10.1 Å². The van der Waals surface area contributed by atoms with E-state index >= 15 is 0 Å². The molecule has 4 rings (SSSR count). The Morgan fingerprint density at radius 1 is 1.11 bits per heavy atom. The average molecular weight is 361 g/mol. The Morgan fingerprint density at radius 3 is 2.93 bits per heavy atom. The van der Waals surface area contributed by atoms with Gasteiger partial charge in [0.05, 0.1) is 0 Å². The molecule has 27 heavy (non-hydrogen) atoms. The summed E-state index contributed by atoms with van der Waals surface area (Å²) in [7, 11) is 0. The van der Waals surface area contributed by atoms with Gasteiger partial charge in [-0.1, -0.05) is 30.3 Å². The molecule has 0 radical (unpaired) electrons. The summed E-state index contributed by atoms with van der Waals surface area (Å²) >= 11 is 0. The summed E-state index contributed by atoms with van der Waals surface area (Å²) in [5.41, 5.74) is 1.05. The zero-order valence-corrected chi connectivity index (χ0v) is 14.7. The standard InChI is InChI=1S/C20H19N5O2/c26-19(13-27-18-8-7-16-5-1-2-6-17(16)10-18)21-9-3-4-15-11-22-20-23-14-24-25(20)12-15/h1-2,5-8,10-12,14H,3-4,9,13H2,(H,21,26). The van der Waals surface area contributed by atoms with Crippen LogP contribution >= 0.6 is 0 Å². The molecule has 0 aliphatic carbocycles. The molecule has 7 nitrogen and oxygen atoms in total. The van der Waals surface area contributed by atoms with Crippen LogP contribution in [0.2, 0.25) is 0 Å². The third-order valence-corrected chi connectivity index (χ3v) is 4.24. The fourth-order valence-electron chi connectivity index (χ4n) is 2.87. The number of rotatable bonds is 7. The highest BCUT2D eigenvalue weighted by Gasteiger charge is 2.04. The van der Waals surface area contributed by atoms with Crippen LogP contribution < -0.4 is 10.1 Å². The zero-order chi connectivity index (χ0) is 18.5. The van der Waals surface area contributed by atoms with E-state index in [1.165, 1.54) is 6.33 Å². The van der Waals surface area contributed by atoms with Gasteiger partial charge in [0.2, 0.25) is 0 Å². The van der Waals surface area contributed by atoms with Crippen molar-refractivity contribution in [2.24, 2.45) is 0 Å². The lowest BCUT2D eigenvalue weighted by Crippen LogP contribution is -2.29. The van der Waals surface area contributed by atoms with Gasteiger partial charge in [-0.15, -0.1) is 0 Å². The molecule has 2 aromatic carbocycles. The number of hydrogen-bond donors (Lipinski definition) is 1. The number of hydrogen-bond acceptors (Lipinski definition) is 5. The van der Waals surface area contributed by atoms with Crippen molar-refractivity contribution in [2.45, 2.75) is 12.8 Å².